The average molecular weight is 263 g/mol. The molecule has 2 N–H and O–H groups in total. The van der Waals surface area contributed by atoms with Crippen molar-refractivity contribution in [3.63, 3.8) is 0 Å². The molecule has 0 unspecified atom stereocenters. The molecule has 0 bridgehead atoms. The summed E-state index contributed by atoms with van der Waals surface area (Å²) in [6.07, 6.45) is -0.123. The Morgan fingerprint density at radius 1 is 1.12 bits per heavy atom. The van der Waals surface area contributed by atoms with Crippen LogP contribution in [0.5, 0.6) is 0 Å². The first-order valence-corrected chi connectivity index (χ1v) is 5.07. The van der Waals surface area contributed by atoms with Gasteiger partial charge < -0.3 is 10.2 Å². The van der Waals surface area contributed by atoms with E-state index in [-0.39, 0.29) is 11.4 Å². The van der Waals surface area contributed by atoms with Crippen LogP contribution in [0, 0.1) is 5.92 Å². The third-order valence-corrected chi connectivity index (χ3v) is 2.76. The van der Waals surface area contributed by atoms with E-state index in [2.05, 4.69) is 0 Å². The maximum absolute atomic E-state index is 10.7. The summed E-state index contributed by atoms with van der Waals surface area (Å²) < 4.78 is 0. The normalized spacial score (nSPS) is 10.4. The summed E-state index contributed by atoms with van der Waals surface area (Å²) in [5.41, 5.74) is 0.518. The van der Waals surface area contributed by atoms with Gasteiger partial charge in [-0.15, -0.1) is 0 Å². The summed E-state index contributed by atoms with van der Waals surface area (Å²) >= 11 is 11.4. The number of carbonyl (C=O) groups is 2. The predicted molar refractivity (Wildman–Crippen MR) is 58.9 cm³/mol. The lowest BCUT2D eigenvalue weighted by molar-refractivity contribution is -0.154. The molecule has 1 aromatic rings. The molecule has 0 spiro atoms. The molecule has 4 nitrogen and oxygen atoms in total. The summed E-state index contributed by atoms with van der Waals surface area (Å²) in [6, 6.07) is 4.51. The van der Waals surface area contributed by atoms with E-state index in [1.807, 2.05) is 0 Å². The maximum Gasteiger partial charge on any atom is 0.318 e. The third kappa shape index (κ3) is 3.12. The Kier molecular flexibility index (Phi) is 4.15. The van der Waals surface area contributed by atoms with E-state index < -0.39 is 17.9 Å². The topological polar surface area (TPSA) is 74.6 Å². The first kappa shape index (κ1) is 12.8. The van der Waals surface area contributed by atoms with Crippen LogP contribution in [-0.2, 0) is 16.0 Å². The second kappa shape index (κ2) is 5.18. The van der Waals surface area contributed by atoms with Crippen molar-refractivity contribution < 1.29 is 19.8 Å². The van der Waals surface area contributed by atoms with Gasteiger partial charge in [0, 0.05) is 0 Å². The van der Waals surface area contributed by atoms with Crippen LogP contribution in [0.15, 0.2) is 18.2 Å². The molecule has 86 valence electrons. The largest absolute Gasteiger partial charge is 0.481 e. The van der Waals surface area contributed by atoms with E-state index in [1.165, 1.54) is 12.1 Å². The van der Waals surface area contributed by atoms with E-state index in [1.54, 1.807) is 6.07 Å². The minimum Gasteiger partial charge on any atom is -0.481 e. The van der Waals surface area contributed by atoms with Gasteiger partial charge in [-0.1, -0.05) is 29.3 Å². The molecule has 16 heavy (non-hydrogen) atoms. The zero-order valence-electron chi connectivity index (χ0n) is 7.98. The minimum atomic E-state index is -1.47. The Morgan fingerprint density at radius 2 is 1.69 bits per heavy atom. The molecule has 1 aromatic carbocycles. The highest BCUT2D eigenvalue weighted by atomic mass is 35.5. The summed E-state index contributed by atoms with van der Waals surface area (Å²) in [5, 5.41) is 18.0. The van der Waals surface area contributed by atoms with E-state index in [9.17, 15) is 9.59 Å². The van der Waals surface area contributed by atoms with Crippen molar-refractivity contribution >= 4 is 35.1 Å². The number of carboxylic acid groups (broad SMARTS) is 2. The molecular formula is C10H8Cl2O4. The molecular weight excluding hydrogens is 255 g/mol. The van der Waals surface area contributed by atoms with Gasteiger partial charge in [0.2, 0.25) is 0 Å². The smallest absolute Gasteiger partial charge is 0.318 e. The molecule has 1 rings (SSSR count). The molecule has 0 aliphatic carbocycles. The molecule has 6 heteroatoms. The summed E-state index contributed by atoms with van der Waals surface area (Å²) in [6.45, 7) is 0. The van der Waals surface area contributed by atoms with Crippen LogP contribution in [0.25, 0.3) is 0 Å². The number of benzene rings is 1. The highest BCUT2D eigenvalue weighted by Gasteiger charge is 2.25. The predicted octanol–water partition coefficient (Wildman–Crippen LogP) is 2.32. The molecule has 0 radical (unpaired) electrons. The Balaban J connectivity index is 2.90. The lowest BCUT2D eigenvalue weighted by Crippen LogP contribution is -2.25. The quantitative estimate of drug-likeness (QED) is 0.817. The number of carboxylic acids is 2. The summed E-state index contributed by atoms with van der Waals surface area (Å²) in [5.74, 6) is -4.23. The van der Waals surface area contributed by atoms with Crippen molar-refractivity contribution in [2.24, 2.45) is 5.92 Å². The first-order chi connectivity index (χ1) is 7.41. The lowest BCUT2D eigenvalue weighted by Gasteiger charge is -2.07. The van der Waals surface area contributed by atoms with Gasteiger partial charge in [0.05, 0.1) is 10.0 Å². The minimum absolute atomic E-state index is 0.123. The van der Waals surface area contributed by atoms with E-state index >= 15 is 0 Å². The lowest BCUT2D eigenvalue weighted by atomic mass is 10.00. The Morgan fingerprint density at radius 3 is 2.12 bits per heavy atom. The van der Waals surface area contributed by atoms with Crippen molar-refractivity contribution in [2.45, 2.75) is 6.42 Å². The fourth-order valence-electron chi connectivity index (χ4n) is 1.18. The molecule has 0 saturated heterocycles. The fraction of sp³-hybridized carbons (Fsp3) is 0.200. The van der Waals surface area contributed by atoms with Crippen molar-refractivity contribution in [1.29, 1.82) is 0 Å². The van der Waals surface area contributed by atoms with Crippen LogP contribution >= 0.6 is 23.2 Å². The second-order valence-electron chi connectivity index (χ2n) is 3.18. The van der Waals surface area contributed by atoms with Gasteiger partial charge in [0.25, 0.3) is 0 Å². The van der Waals surface area contributed by atoms with Crippen LogP contribution in [0.4, 0.5) is 0 Å². The molecule has 0 amide bonds. The Labute approximate surface area is 101 Å². The standard InChI is InChI=1S/C10H8Cl2O4/c11-7-2-1-5(4-8(7)12)3-6(9(13)14)10(15)16/h1-2,4,6H,3H2,(H,13,14)(H,15,16). The number of rotatable bonds is 4. The van der Waals surface area contributed by atoms with Gasteiger partial charge in [-0.25, -0.2) is 0 Å². The zero-order valence-corrected chi connectivity index (χ0v) is 9.50. The highest BCUT2D eigenvalue weighted by Crippen LogP contribution is 2.24. The van der Waals surface area contributed by atoms with Gasteiger partial charge in [0.15, 0.2) is 5.92 Å². The molecule has 0 fully saturated rings. The van der Waals surface area contributed by atoms with Crippen LogP contribution in [0.1, 0.15) is 5.56 Å². The van der Waals surface area contributed by atoms with E-state index in [0.29, 0.717) is 10.6 Å². The van der Waals surface area contributed by atoms with E-state index in [0.717, 1.165) is 0 Å². The number of halogens is 2. The monoisotopic (exact) mass is 262 g/mol. The molecule has 0 aromatic heterocycles. The molecule has 0 saturated carbocycles. The van der Waals surface area contributed by atoms with Gasteiger partial charge in [-0.2, -0.15) is 0 Å². The molecule has 0 heterocycles. The van der Waals surface area contributed by atoms with Crippen molar-refractivity contribution in [3.8, 4) is 0 Å². The fourth-order valence-corrected chi connectivity index (χ4v) is 1.50. The number of hydrogen-bond acceptors (Lipinski definition) is 2. The van der Waals surface area contributed by atoms with Crippen LogP contribution in [-0.4, -0.2) is 22.2 Å². The van der Waals surface area contributed by atoms with Gasteiger partial charge in [-0.3, -0.25) is 9.59 Å². The Bertz CT molecular complexity index is 417. The molecule has 0 aliphatic rings. The third-order valence-electron chi connectivity index (χ3n) is 2.02. The first-order valence-electron chi connectivity index (χ1n) is 4.31. The molecule has 0 atom stereocenters. The maximum atomic E-state index is 10.7. The summed E-state index contributed by atoms with van der Waals surface area (Å²) in [4.78, 5) is 21.3. The van der Waals surface area contributed by atoms with Crippen LogP contribution < -0.4 is 0 Å². The number of aliphatic carboxylic acids is 2. The number of hydrogen-bond donors (Lipinski definition) is 2. The Hall–Kier alpha value is -1.26. The van der Waals surface area contributed by atoms with Gasteiger partial charge >= 0.3 is 11.9 Å². The molecule has 0 aliphatic heterocycles. The van der Waals surface area contributed by atoms with Crippen molar-refractivity contribution in [3.05, 3.63) is 33.8 Å². The SMILES string of the molecule is O=C(O)C(Cc1ccc(Cl)c(Cl)c1)C(=O)O. The second-order valence-corrected chi connectivity index (χ2v) is 4.00. The van der Waals surface area contributed by atoms with Crippen molar-refractivity contribution in [1.82, 2.24) is 0 Å². The van der Waals surface area contributed by atoms with Gasteiger partial charge in [0.1, 0.15) is 0 Å². The van der Waals surface area contributed by atoms with Gasteiger partial charge in [-0.05, 0) is 24.1 Å². The highest BCUT2D eigenvalue weighted by molar-refractivity contribution is 6.42. The van der Waals surface area contributed by atoms with Crippen molar-refractivity contribution in [2.75, 3.05) is 0 Å². The zero-order chi connectivity index (χ0) is 12.3. The van der Waals surface area contributed by atoms with Crippen LogP contribution in [0.2, 0.25) is 10.0 Å². The average Bonchev–Trinajstić information content (AvgIpc) is 2.18. The summed E-state index contributed by atoms with van der Waals surface area (Å²) in [7, 11) is 0. The van der Waals surface area contributed by atoms with E-state index in [4.69, 9.17) is 33.4 Å². The van der Waals surface area contributed by atoms with Crippen LogP contribution in [0.3, 0.4) is 0 Å².